The monoisotopic (exact) mass is 779 g/mol. The van der Waals surface area contributed by atoms with E-state index in [4.69, 9.17) is 18.9 Å². The van der Waals surface area contributed by atoms with Crippen molar-refractivity contribution in [2.75, 3.05) is 27.2 Å². The highest BCUT2D eigenvalue weighted by molar-refractivity contribution is 6.00. The molecule has 0 spiro atoms. The minimum Gasteiger partial charge on any atom is -0.459 e. The Morgan fingerprint density at radius 3 is 2.27 bits per heavy atom. The molecule has 0 aliphatic carbocycles. The van der Waals surface area contributed by atoms with E-state index in [0.29, 0.717) is 6.42 Å². The van der Waals surface area contributed by atoms with Crippen LogP contribution in [-0.4, -0.2) is 142 Å². The number of carbonyl (C=O) groups is 3. The average Bonchev–Trinajstić information content (AvgIpc) is 3.13. The van der Waals surface area contributed by atoms with Gasteiger partial charge in [-0.2, -0.15) is 0 Å². The molecule has 1 aromatic carbocycles. The molecule has 55 heavy (non-hydrogen) atoms. The molecule has 2 saturated heterocycles. The third-order valence-corrected chi connectivity index (χ3v) is 11.4. The third kappa shape index (κ3) is 12.2. The van der Waals surface area contributed by atoms with Gasteiger partial charge in [-0.25, -0.2) is 0 Å². The summed E-state index contributed by atoms with van der Waals surface area (Å²) in [4.78, 5) is 43.4. The third-order valence-electron chi connectivity index (χ3n) is 11.4. The highest BCUT2D eigenvalue weighted by Crippen LogP contribution is 2.36. The van der Waals surface area contributed by atoms with Crippen LogP contribution in [0.1, 0.15) is 87.1 Å². The van der Waals surface area contributed by atoms with Crippen molar-refractivity contribution in [3.63, 3.8) is 0 Å². The number of nitrogens with zero attached hydrogens (tertiary/aromatic N) is 1. The molecule has 0 radical (unpaired) electrons. The van der Waals surface area contributed by atoms with Crippen molar-refractivity contribution in [2.45, 2.75) is 160 Å². The lowest BCUT2D eigenvalue weighted by molar-refractivity contribution is -0.298. The van der Waals surface area contributed by atoms with Gasteiger partial charge in [0, 0.05) is 30.6 Å². The van der Waals surface area contributed by atoms with Gasteiger partial charge in [0.25, 0.3) is 0 Å². The van der Waals surface area contributed by atoms with E-state index in [1.807, 2.05) is 63.2 Å². The number of ether oxygens (including phenoxy) is 4. The maximum atomic E-state index is 14.3. The predicted octanol–water partition coefficient (Wildman–Crippen LogP) is 1.97. The van der Waals surface area contributed by atoms with Gasteiger partial charge in [0.15, 0.2) is 12.1 Å². The van der Waals surface area contributed by atoms with E-state index in [-0.39, 0.29) is 44.2 Å². The van der Waals surface area contributed by atoms with Crippen LogP contribution in [0.3, 0.4) is 0 Å². The highest BCUT2D eigenvalue weighted by Gasteiger charge is 2.51. The average molecular weight is 780 g/mol. The molecule has 0 saturated carbocycles. The van der Waals surface area contributed by atoms with Gasteiger partial charge < -0.3 is 54.9 Å². The topological polar surface area (TPSA) is 196 Å². The number of hydrogen-bond donors (Lipinski definition) is 6. The van der Waals surface area contributed by atoms with E-state index in [9.17, 15) is 34.8 Å². The summed E-state index contributed by atoms with van der Waals surface area (Å²) in [5, 5.41) is 51.7. The van der Waals surface area contributed by atoms with E-state index in [0.717, 1.165) is 12.0 Å². The number of aliphatic hydroxyl groups is 4. The zero-order valence-corrected chi connectivity index (χ0v) is 34.7. The summed E-state index contributed by atoms with van der Waals surface area (Å²) in [5.74, 6) is -5.58. The molecule has 1 aromatic rings. The second-order valence-electron chi connectivity index (χ2n) is 16.7. The van der Waals surface area contributed by atoms with Crippen LogP contribution in [0.15, 0.2) is 30.3 Å². The lowest BCUT2D eigenvalue weighted by Crippen LogP contribution is -2.60. The molecule has 14 nitrogen and oxygen atoms in total. The molecule has 2 aliphatic heterocycles. The quantitative estimate of drug-likeness (QED) is 0.133. The first kappa shape index (κ1) is 46.8. The SMILES string of the molecule is CC[C@H]1OC(=O)[C@H](C)C(=O)[C@H](C)[C@@H](O[C@@H]2O[C@H](C)C[C@H](N(C)C)[C@H]2O)[C@](C)(OCC(O)CN[C@H](C)Cc2ccccc2)C[C@@H](C)NC(=O)[C@H](C)[C@H](O)[C@@]1(C)O. The zero-order valence-electron chi connectivity index (χ0n) is 34.7. The van der Waals surface area contributed by atoms with E-state index in [1.165, 1.54) is 20.8 Å². The second kappa shape index (κ2) is 20.2. The molecule has 2 fully saturated rings. The summed E-state index contributed by atoms with van der Waals surface area (Å²) >= 11 is 0. The summed E-state index contributed by atoms with van der Waals surface area (Å²) < 4.78 is 25.1. The van der Waals surface area contributed by atoms with Gasteiger partial charge in [0.05, 0.1) is 42.5 Å². The smallest absolute Gasteiger partial charge is 0.316 e. The number of carbonyl (C=O) groups excluding carboxylic acids is 3. The second-order valence-corrected chi connectivity index (χ2v) is 16.7. The Bertz CT molecular complexity index is 1380. The number of esters is 1. The molecule has 6 N–H and O–H groups in total. The van der Waals surface area contributed by atoms with Crippen molar-refractivity contribution >= 4 is 17.7 Å². The summed E-state index contributed by atoms with van der Waals surface area (Å²) in [6, 6.07) is 9.04. The predicted molar refractivity (Wildman–Crippen MR) is 207 cm³/mol. The van der Waals surface area contributed by atoms with Crippen LogP contribution in [0.2, 0.25) is 0 Å². The molecule has 0 aromatic heterocycles. The minimum absolute atomic E-state index is 0.0384. The lowest BCUT2D eigenvalue weighted by atomic mass is 9.79. The van der Waals surface area contributed by atoms with Crippen molar-refractivity contribution in [1.82, 2.24) is 15.5 Å². The van der Waals surface area contributed by atoms with Crippen molar-refractivity contribution in [3.8, 4) is 0 Å². The van der Waals surface area contributed by atoms with Crippen LogP contribution in [-0.2, 0) is 39.8 Å². The molecule has 314 valence electrons. The normalized spacial score (nSPS) is 38.4. The van der Waals surface area contributed by atoms with E-state index < -0.39 is 89.5 Å². The van der Waals surface area contributed by atoms with Crippen LogP contribution < -0.4 is 10.6 Å². The molecule has 1 unspecified atom stereocenters. The van der Waals surface area contributed by atoms with Crippen LogP contribution in [0.5, 0.6) is 0 Å². The first-order chi connectivity index (χ1) is 25.6. The number of benzene rings is 1. The number of ketones is 1. The number of nitrogens with one attached hydrogen (secondary N) is 2. The standard InChI is InChI=1S/C41H69N3O11/c1-12-32-41(9,51)35(48)28(7)37(49)43-24(3)20-40(8,52-22-30(45)21-42-23(2)18-29-16-14-13-15-17-29)36(26(5)33(46)27(6)38(50)54-32)55-39-34(47)31(44(10)11)19-25(4)53-39/h13-17,23-28,30-32,34-36,39,42,45,47-48,51H,12,18-22H2,1-11H3,(H,43,49)/t23-,24-,25-,26+,27-,28-,30?,31+,32-,34-,35+,36-,39+,40-,41+/m1/s1. The fraction of sp³-hybridized carbons (Fsp3) is 0.780. The summed E-state index contributed by atoms with van der Waals surface area (Å²) in [6.07, 6.45) is -6.26. The Hall–Kier alpha value is -2.53. The Morgan fingerprint density at radius 1 is 1.04 bits per heavy atom. The molecular weight excluding hydrogens is 710 g/mol. The minimum atomic E-state index is -2.03. The van der Waals surface area contributed by atoms with Gasteiger partial charge in [-0.3, -0.25) is 14.4 Å². The van der Waals surface area contributed by atoms with Crippen LogP contribution in [0.25, 0.3) is 0 Å². The highest BCUT2D eigenvalue weighted by atomic mass is 16.7. The van der Waals surface area contributed by atoms with Gasteiger partial charge in [0.1, 0.15) is 23.7 Å². The first-order valence-corrected chi connectivity index (χ1v) is 19.8. The Labute approximate surface area is 327 Å². The molecule has 14 heteroatoms. The molecule has 3 rings (SSSR count). The molecular formula is C41H69N3O11. The number of amides is 1. The summed E-state index contributed by atoms with van der Waals surface area (Å²) in [6.45, 7) is 14.8. The largest absolute Gasteiger partial charge is 0.459 e. The number of hydrogen-bond acceptors (Lipinski definition) is 13. The van der Waals surface area contributed by atoms with E-state index in [1.54, 1.807) is 27.7 Å². The van der Waals surface area contributed by atoms with Crippen molar-refractivity contribution < 1.29 is 53.8 Å². The maximum Gasteiger partial charge on any atom is 0.316 e. The van der Waals surface area contributed by atoms with Gasteiger partial charge in [-0.05, 0) is 86.9 Å². The van der Waals surface area contributed by atoms with Gasteiger partial charge in [0.2, 0.25) is 5.91 Å². The van der Waals surface area contributed by atoms with Crippen LogP contribution in [0.4, 0.5) is 0 Å². The number of rotatable bonds is 12. The van der Waals surface area contributed by atoms with Gasteiger partial charge in [-0.15, -0.1) is 0 Å². The summed E-state index contributed by atoms with van der Waals surface area (Å²) in [5.41, 5.74) is -2.32. The molecule has 0 bridgehead atoms. The number of Topliss-reactive ketones (excluding diaryl/α,β-unsaturated/α-hetero) is 1. The van der Waals surface area contributed by atoms with Gasteiger partial charge in [-0.1, -0.05) is 51.1 Å². The van der Waals surface area contributed by atoms with Crippen LogP contribution >= 0.6 is 0 Å². The Kier molecular flexibility index (Phi) is 17.2. The molecule has 15 atom stereocenters. The van der Waals surface area contributed by atoms with Crippen LogP contribution in [0, 0.1) is 17.8 Å². The Morgan fingerprint density at radius 2 is 1.67 bits per heavy atom. The number of aliphatic hydroxyl groups excluding tert-OH is 3. The molecule has 1 amide bonds. The molecule has 2 aliphatic rings. The lowest BCUT2D eigenvalue weighted by Gasteiger charge is -2.47. The summed E-state index contributed by atoms with van der Waals surface area (Å²) in [7, 11) is 3.69. The maximum absolute atomic E-state index is 14.3. The van der Waals surface area contributed by atoms with E-state index >= 15 is 0 Å². The zero-order chi connectivity index (χ0) is 41.4. The number of likely N-dealkylation sites (N-methyl/N-ethyl adjacent to an activating group) is 1. The fourth-order valence-electron chi connectivity index (χ4n) is 7.96. The number of cyclic esters (lactones) is 1. The van der Waals surface area contributed by atoms with Crippen molar-refractivity contribution in [2.24, 2.45) is 17.8 Å². The Balaban J connectivity index is 2.03. The van der Waals surface area contributed by atoms with Gasteiger partial charge >= 0.3 is 5.97 Å². The van der Waals surface area contributed by atoms with Crippen molar-refractivity contribution in [3.05, 3.63) is 35.9 Å². The first-order valence-electron chi connectivity index (χ1n) is 19.8. The van der Waals surface area contributed by atoms with Crippen molar-refractivity contribution in [1.29, 1.82) is 0 Å². The fourth-order valence-corrected chi connectivity index (χ4v) is 7.96. The molecule has 2 heterocycles. The van der Waals surface area contributed by atoms with E-state index in [2.05, 4.69) is 10.6 Å².